The normalized spacial score (nSPS) is 21.2. The van der Waals surface area contributed by atoms with Crippen LogP contribution in [-0.4, -0.2) is 44.2 Å². The molecule has 0 aliphatic carbocycles. The Morgan fingerprint density at radius 3 is 1.34 bits per heavy atom. The summed E-state index contributed by atoms with van der Waals surface area (Å²) in [4.78, 5) is 38.1. The first-order valence-electron chi connectivity index (χ1n) is 18.8. The van der Waals surface area contributed by atoms with E-state index < -0.39 is 39.5 Å². The van der Waals surface area contributed by atoms with Crippen molar-refractivity contribution < 1.29 is 29.5 Å². The lowest BCUT2D eigenvalue weighted by Crippen LogP contribution is -2.68. The highest BCUT2D eigenvalue weighted by Gasteiger charge is 2.59. The Hall–Kier alpha value is -2.78. The van der Waals surface area contributed by atoms with Crippen molar-refractivity contribution in [1.82, 2.24) is 10.1 Å². The Kier molecular flexibility index (Phi) is 13.0. The number of piperidine rings is 2. The van der Waals surface area contributed by atoms with Gasteiger partial charge in [0.1, 0.15) is 0 Å². The number of rotatable bonds is 17. The van der Waals surface area contributed by atoms with Gasteiger partial charge in [-0.15, -0.1) is 0 Å². The van der Waals surface area contributed by atoms with Gasteiger partial charge in [-0.3, -0.25) is 9.68 Å². The molecule has 0 atom stereocenters. The molecule has 0 radical (unpaired) electrons. The molecule has 2 saturated heterocycles. The highest BCUT2D eigenvalue weighted by Crippen LogP contribution is 2.58. The molecule has 0 spiro atoms. The average Bonchev–Trinajstić information content (AvgIpc) is 3.01. The first kappa shape index (κ1) is 40.0. The van der Waals surface area contributed by atoms with Gasteiger partial charge in [-0.1, -0.05) is 86.3 Å². The predicted molar refractivity (Wildman–Crippen MR) is 193 cm³/mol. The second kappa shape index (κ2) is 16.3. The molecule has 2 aliphatic heterocycles. The Balaban J connectivity index is 1.63. The maximum absolute atomic E-state index is 14.0. The number of benzene rings is 2. The fraction of sp³-hybridized carbons (Fsp3) is 0.667. The molecule has 50 heavy (non-hydrogen) atoms. The number of carbonyl (C=O) groups excluding carboxylic acids is 2. The molecule has 8 nitrogen and oxygen atoms in total. The van der Waals surface area contributed by atoms with Gasteiger partial charge < -0.3 is 19.8 Å². The van der Waals surface area contributed by atoms with Crippen LogP contribution in [0.2, 0.25) is 0 Å². The fourth-order valence-corrected chi connectivity index (χ4v) is 9.77. The lowest BCUT2D eigenvalue weighted by molar-refractivity contribution is -0.345. The van der Waals surface area contributed by atoms with Crippen molar-refractivity contribution in [3.63, 3.8) is 0 Å². The Morgan fingerprint density at radius 1 is 0.620 bits per heavy atom. The van der Waals surface area contributed by atoms with Crippen molar-refractivity contribution >= 4 is 11.9 Å². The van der Waals surface area contributed by atoms with Crippen LogP contribution in [0.15, 0.2) is 60.7 Å². The summed E-state index contributed by atoms with van der Waals surface area (Å²) in [5, 5.41) is 29.2. The fourth-order valence-electron chi connectivity index (χ4n) is 9.77. The van der Waals surface area contributed by atoms with E-state index in [0.29, 0.717) is 51.7 Å². The minimum Gasteiger partial charge on any atom is -0.550 e. The zero-order valence-electron chi connectivity index (χ0n) is 32.0. The van der Waals surface area contributed by atoms with Gasteiger partial charge in [0.05, 0.1) is 13.2 Å². The molecule has 2 fully saturated rings. The standard InChI is InChI=1S/C42H64N2O6/c1-38(2)26-34(27-39(3,4)43(38)49-30-32-20-14-12-15-21-32)42(37(47)48,25-19-11-9-10-18-24-36(45)46)35-28-40(5,6)44(41(7,8)29-35)50-31-33-22-16-13-17-23-33/h12-17,20-23,34-35H,9-11,18-19,24-31H2,1-8H3,(H,45,46)(H,47,48)/p-2. The molecule has 2 aliphatic rings. The van der Waals surface area contributed by atoms with Crippen molar-refractivity contribution in [1.29, 1.82) is 0 Å². The number of carbonyl (C=O) groups is 2. The predicted octanol–water partition coefficient (Wildman–Crippen LogP) is 7.01. The van der Waals surface area contributed by atoms with E-state index in [-0.39, 0.29) is 18.3 Å². The quantitative estimate of drug-likeness (QED) is 0.163. The van der Waals surface area contributed by atoms with Crippen molar-refractivity contribution in [2.75, 3.05) is 0 Å². The minimum atomic E-state index is -1.06. The number of nitrogens with zero attached hydrogens (tertiary/aromatic N) is 2. The molecule has 0 unspecified atom stereocenters. The monoisotopic (exact) mass is 690 g/mol. The van der Waals surface area contributed by atoms with E-state index in [1.165, 1.54) is 0 Å². The molecule has 8 heteroatoms. The molecule has 2 aromatic carbocycles. The van der Waals surface area contributed by atoms with E-state index in [9.17, 15) is 19.8 Å². The molecular formula is C42H62N2O6-2. The largest absolute Gasteiger partial charge is 0.550 e. The first-order chi connectivity index (χ1) is 23.4. The average molecular weight is 691 g/mol. The second-order valence-electron chi connectivity index (χ2n) is 17.5. The van der Waals surface area contributed by atoms with Crippen LogP contribution < -0.4 is 10.2 Å². The number of hydrogen-bond acceptors (Lipinski definition) is 8. The topological polar surface area (TPSA) is 105 Å². The maximum atomic E-state index is 14.0. The molecule has 2 heterocycles. The number of unbranched alkanes of at least 4 members (excludes halogenated alkanes) is 4. The maximum Gasteiger partial charge on any atom is 0.0936 e. The molecule has 0 bridgehead atoms. The van der Waals surface area contributed by atoms with Crippen molar-refractivity contribution in [2.45, 2.75) is 161 Å². The van der Waals surface area contributed by atoms with Crippen LogP contribution in [0.5, 0.6) is 0 Å². The van der Waals surface area contributed by atoms with Gasteiger partial charge >= 0.3 is 0 Å². The summed E-state index contributed by atoms with van der Waals surface area (Å²) in [7, 11) is 0. The number of hydrogen-bond donors (Lipinski definition) is 0. The van der Waals surface area contributed by atoms with Gasteiger partial charge in [0, 0.05) is 39.5 Å². The van der Waals surface area contributed by atoms with Gasteiger partial charge in [-0.2, -0.15) is 10.1 Å². The van der Waals surface area contributed by atoms with Crippen molar-refractivity contribution in [2.24, 2.45) is 17.3 Å². The Labute approximate surface area is 301 Å². The number of aliphatic carboxylic acids is 2. The summed E-state index contributed by atoms with van der Waals surface area (Å²) < 4.78 is 0. The SMILES string of the molecule is CC1(C)CC(C(CCCCCCCC(=O)[O-])(C(=O)[O-])C2CC(C)(C)N(OCc3ccccc3)C(C)(C)C2)CC(C)(C)N1OCc1ccccc1. The lowest BCUT2D eigenvalue weighted by atomic mass is 9.52. The van der Waals surface area contributed by atoms with E-state index in [4.69, 9.17) is 9.68 Å². The molecule has 4 rings (SSSR count). The van der Waals surface area contributed by atoms with Crippen LogP contribution in [0.1, 0.15) is 137 Å². The summed E-state index contributed by atoms with van der Waals surface area (Å²) in [6, 6.07) is 20.3. The van der Waals surface area contributed by atoms with Crippen LogP contribution in [0.25, 0.3) is 0 Å². The summed E-state index contributed by atoms with van der Waals surface area (Å²) in [5.41, 5.74) is -0.611. The number of carboxylic acids is 2. The highest BCUT2D eigenvalue weighted by molar-refractivity contribution is 5.73. The van der Waals surface area contributed by atoms with Crippen molar-refractivity contribution in [3.8, 4) is 0 Å². The third-order valence-corrected chi connectivity index (χ3v) is 11.4. The first-order valence-corrected chi connectivity index (χ1v) is 18.8. The zero-order chi connectivity index (χ0) is 36.8. The third kappa shape index (κ3) is 9.55. The highest BCUT2D eigenvalue weighted by atomic mass is 16.7. The van der Waals surface area contributed by atoms with Gasteiger partial charge in [0.15, 0.2) is 0 Å². The third-order valence-electron chi connectivity index (χ3n) is 11.4. The molecule has 0 N–H and O–H groups in total. The minimum absolute atomic E-state index is 0.0626. The lowest BCUT2D eigenvalue weighted by Gasteiger charge is -2.63. The van der Waals surface area contributed by atoms with Crippen LogP contribution in [0.3, 0.4) is 0 Å². The molecule has 0 amide bonds. The van der Waals surface area contributed by atoms with Crippen LogP contribution in [-0.2, 0) is 32.5 Å². The van der Waals surface area contributed by atoms with Crippen LogP contribution in [0, 0.1) is 17.3 Å². The number of hydroxylamine groups is 4. The molecule has 0 aromatic heterocycles. The van der Waals surface area contributed by atoms with Gasteiger partial charge in [-0.25, -0.2) is 0 Å². The van der Waals surface area contributed by atoms with Crippen LogP contribution in [0.4, 0.5) is 0 Å². The van der Waals surface area contributed by atoms with E-state index in [1.54, 1.807) is 0 Å². The summed E-state index contributed by atoms with van der Waals surface area (Å²) in [5.74, 6) is -2.24. The van der Waals surface area contributed by atoms with Crippen molar-refractivity contribution in [3.05, 3.63) is 71.8 Å². The summed E-state index contributed by atoms with van der Waals surface area (Å²) in [6.45, 7) is 18.3. The summed E-state index contributed by atoms with van der Waals surface area (Å²) >= 11 is 0. The molecule has 2 aromatic rings. The number of carboxylic acid groups (broad SMARTS) is 2. The van der Waals surface area contributed by atoms with E-state index >= 15 is 0 Å². The van der Waals surface area contributed by atoms with Gasteiger partial charge in [-0.05, 0) is 123 Å². The van der Waals surface area contributed by atoms with E-state index in [2.05, 4.69) is 89.8 Å². The smallest absolute Gasteiger partial charge is 0.0936 e. The van der Waals surface area contributed by atoms with E-state index in [0.717, 1.165) is 36.8 Å². The molecule has 0 saturated carbocycles. The van der Waals surface area contributed by atoms with Gasteiger partial charge in [0.2, 0.25) is 0 Å². The second-order valence-corrected chi connectivity index (χ2v) is 17.5. The zero-order valence-corrected chi connectivity index (χ0v) is 32.0. The molecular weight excluding hydrogens is 628 g/mol. The Morgan fingerprint density at radius 2 is 0.980 bits per heavy atom. The van der Waals surface area contributed by atoms with Crippen LogP contribution >= 0.6 is 0 Å². The summed E-state index contributed by atoms with van der Waals surface area (Å²) in [6.07, 6.45) is 7.08. The van der Waals surface area contributed by atoms with Gasteiger partial charge in [0.25, 0.3) is 0 Å². The Bertz CT molecular complexity index is 1270. The molecule has 278 valence electrons. The van der Waals surface area contributed by atoms with E-state index in [1.807, 2.05) is 36.4 Å².